The minimum atomic E-state index is -0.903. The summed E-state index contributed by atoms with van der Waals surface area (Å²) in [6.07, 6.45) is 4.92. The number of hydrogen-bond donors (Lipinski definition) is 0. The summed E-state index contributed by atoms with van der Waals surface area (Å²) < 4.78 is 5.81. The predicted molar refractivity (Wildman–Crippen MR) is 93.2 cm³/mol. The second-order valence-electron chi connectivity index (χ2n) is 7.08. The Bertz CT molecular complexity index is 619. The third-order valence-electron chi connectivity index (χ3n) is 4.79. The van der Waals surface area contributed by atoms with Gasteiger partial charge in [0.2, 0.25) is 5.91 Å². The molecule has 0 N–H and O–H groups in total. The maximum atomic E-state index is 12.7. The van der Waals surface area contributed by atoms with E-state index in [4.69, 9.17) is 4.74 Å². The summed E-state index contributed by atoms with van der Waals surface area (Å²) in [5.74, 6) is 0.751. The number of benzene rings is 1. The zero-order chi connectivity index (χ0) is 17.2. The van der Waals surface area contributed by atoms with Crippen LogP contribution in [-0.2, 0) is 9.59 Å². The molecular weight excluding hydrogens is 304 g/mol. The standard InChI is InChI=1S/C19H26N2O3/c1-19(2)18(23)21(15-9-5-6-10-16(15)24-19)14-11-17(22)20-12-7-3-4-8-13-20/h5-6,9-10H,3-4,7-8,11-14H2,1-2H3. The number of carbonyl (C=O) groups excluding carboxylic acids is 2. The first-order chi connectivity index (χ1) is 11.5. The van der Waals surface area contributed by atoms with E-state index in [1.165, 1.54) is 12.8 Å². The Labute approximate surface area is 143 Å². The molecule has 3 rings (SSSR count). The van der Waals surface area contributed by atoms with Gasteiger partial charge in [-0.1, -0.05) is 25.0 Å². The number of amides is 2. The van der Waals surface area contributed by atoms with Crippen molar-refractivity contribution in [2.45, 2.75) is 51.6 Å². The molecule has 2 amide bonds. The van der Waals surface area contributed by atoms with E-state index in [0.717, 1.165) is 31.6 Å². The second kappa shape index (κ2) is 6.83. The molecule has 1 fully saturated rings. The molecule has 0 bridgehead atoms. The van der Waals surface area contributed by atoms with Gasteiger partial charge in [-0.15, -0.1) is 0 Å². The molecular formula is C19H26N2O3. The first-order valence-electron chi connectivity index (χ1n) is 8.87. The van der Waals surface area contributed by atoms with Gasteiger partial charge in [-0.05, 0) is 38.8 Å². The Balaban J connectivity index is 1.71. The first-order valence-corrected chi connectivity index (χ1v) is 8.87. The second-order valence-corrected chi connectivity index (χ2v) is 7.08. The average Bonchev–Trinajstić information content (AvgIpc) is 2.84. The highest BCUT2D eigenvalue weighted by Gasteiger charge is 2.40. The molecule has 2 heterocycles. The van der Waals surface area contributed by atoms with Gasteiger partial charge < -0.3 is 14.5 Å². The molecule has 5 heteroatoms. The summed E-state index contributed by atoms with van der Waals surface area (Å²) >= 11 is 0. The maximum absolute atomic E-state index is 12.7. The zero-order valence-corrected chi connectivity index (χ0v) is 14.6. The van der Waals surface area contributed by atoms with Crippen molar-refractivity contribution in [1.82, 2.24) is 4.90 Å². The summed E-state index contributed by atoms with van der Waals surface area (Å²) in [7, 11) is 0. The molecule has 0 atom stereocenters. The molecule has 24 heavy (non-hydrogen) atoms. The van der Waals surface area contributed by atoms with E-state index >= 15 is 0 Å². The van der Waals surface area contributed by atoms with Crippen molar-refractivity contribution >= 4 is 17.5 Å². The van der Waals surface area contributed by atoms with Crippen molar-refractivity contribution in [2.75, 3.05) is 24.5 Å². The number of nitrogens with zero attached hydrogens (tertiary/aromatic N) is 2. The van der Waals surface area contributed by atoms with Crippen LogP contribution in [0.5, 0.6) is 5.75 Å². The molecule has 0 saturated carbocycles. The van der Waals surface area contributed by atoms with Gasteiger partial charge in [0.25, 0.3) is 5.91 Å². The van der Waals surface area contributed by atoms with E-state index in [1.54, 1.807) is 18.7 Å². The predicted octanol–water partition coefficient (Wildman–Crippen LogP) is 2.98. The number of hydrogen-bond acceptors (Lipinski definition) is 3. The van der Waals surface area contributed by atoms with Gasteiger partial charge in [0.05, 0.1) is 5.69 Å². The Morgan fingerprint density at radius 1 is 1.12 bits per heavy atom. The number of fused-ring (bicyclic) bond motifs is 1. The third kappa shape index (κ3) is 3.40. The SMILES string of the molecule is CC1(C)Oc2ccccc2N(CCC(=O)N2CCCCCC2)C1=O. The summed E-state index contributed by atoms with van der Waals surface area (Å²) in [5.41, 5.74) is -0.148. The van der Waals surface area contributed by atoms with Crippen molar-refractivity contribution in [3.05, 3.63) is 24.3 Å². The van der Waals surface area contributed by atoms with Crippen LogP contribution in [0.15, 0.2) is 24.3 Å². The Hall–Kier alpha value is -2.04. The molecule has 0 aromatic heterocycles. The highest BCUT2D eigenvalue weighted by atomic mass is 16.5. The largest absolute Gasteiger partial charge is 0.476 e. The summed E-state index contributed by atoms with van der Waals surface area (Å²) in [6.45, 7) is 5.64. The highest BCUT2D eigenvalue weighted by molar-refractivity contribution is 6.02. The van der Waals surface area contributed by atoms with Gasteiger partial charge in [-0.2, -0.15) is 0 Å². The number of ether oxygens (including phenoxy) is 1. The van der Waals surface area contributed by atoms with Crippen LogP contribution in [0, 0.1) is 0 Å². The fourth-order valence-electron chi connectivity index (χ4n) is 3.43. The maximum Gasteiger partial charge on any atom is 0.270 e. The minimum Gasteiger partial charge on any atom is -0.476 e. The highest BCUT2D eigenvalue weighted by Crippen LogP contribution is 2.37. The van der Waals surface area contributed by atoms with Crippen molar-refractivity contribution in [3.8, 4) is 5.75 Å². The monoisotopic (exact) mass is 330 g/mol. The van der Waals surface area contributed by atoms with Crippen molar-refractivity contribution in [1.29, 1.82) is 0 Å². The van der Waals surface area contributed by atoms with Gasteiger partial charge in [-0.25, -0.2) is 0 Å². The lowest BCUT2D eigenvalue weighted by Gasteiger charge is -2.38. The third-order valence-corrected chi connectivity index (χ3v) is 4.79. The lowest BCUT2D eigenvalue weighted by atomic mass is 10.0. The Morgan fingerprint density at radius 2 is 1.79 bits per heavy atom. The number of para-hydroxylation sites is 2. The normalized spacial score (nSPS) is 20.2. The fourth-order valence-corrected chi connectivity index (χ4v) is 3.43. The van der Waals surface area contributed by atoms with E-state index in [1.807, 2.05) is 29.2 Å². The van der Waals surface area contributed by atoms with Crippen molar-refractivity contribution in [3.63, 3.8) is 0 Å². The van der Waals surface area contributed by atoms with Crippen molar-refractivity contribution in [2.24, 2.45) is 0 Å². The lowest BCUT2D eigenvalue weighted by molar-refractivity contribution is -0.133. The molecule has 2 aliphatic heterocycles. The quantitative estimate of drug-likeness (QED) is 0.856. The molecule has 2 aliphatic rings. The molecule has 0 spiro atoms. The Kier molecular flexibility index (Phi) is 4.78. The van der Waals surface area contributed by atoms with E-state index in [0.29, 0.717) is 18.7 Å². The van der Waals surface area contributed by atoms with Gasteiger partial charge in [-0.3, -0.25) is 9.59 Å². The molecule has 1 aromatic carbocycles. The number of carbonyl (C=O) groups is 2. The van der Waals surface area contributed by atoms with E-state index in [-0.39, 0.29) is 11.8 Å². The molecule has 0 radical (unpaired) electrons. The van der Waals surface area contributed by atoms with Gasteiger partial charge in [0, 0.05) is 26.1 Å². The summed E-state index contributed by atoms with van der Waals surface area (Å²) in [6, 6.07) is 7.52. The van der Waals surface area contributed by atoms with Crippen LogP contribution in [0.25, 0.3) is 0 Å². The van der Waals surface area contributed by atoms with Gasteiger partial charge in [0.1, 0.15) is 5.75 Å². The first kappa shape index (κ1) is 16.8. The lowest BCUT2D eigenvalue weighted by Crippen LogP contribution is -2.53. The average molecular weight is 330 g/mol. The van der Waals surface area contributed by atoms with Crippen LogP contribution < -0.4 is 9.64 Å². The van der Waals surface area contributed by atoms with Crippen LogP contribution in [0.2, 0.25) is 0 Å². The van der Waals surface area contributed by atoms with Gasteiger partial charge in [0.15, 0.2) is 5.60 Å². The van der Waals surface area contributed by atoms with E-state index in [2.05, 4.69) is 0 Å². The molecule has 0 unspecified atom stereocenters. The van der Waals surface area contributed by atoms with E-state index in [9.17, 15) is 9.59 Å². The number of likely N-dealkylation sites (tertiary alicyclic amines) is 1. The number of anilines is 1. The zero-order valence-electron chi connectivity index (χ0n) is 14.6. The van der Waals surface area contributed by atoms with Crippen LogP contribution in [-0.4, -0.2) is 41.9 Å². The molecule has 5 nitrogen and oxygen atoms in total. The van der Waals surface area contributed by atoms with Crippen LogP contribution in [0.4, 0.5) is 5.69 Å². The smallest absolute Gasteiger partial charge is 0.270 e. The molecule has 0 aliphatic carbocycles. The number of rotatable bonds is 3. The summed E-state index contributed by atoms with van der Waals surface area (Å²) in [4.78, 5) is 28.9. The minimum absolute atomic E-state index is 0.0927. The Morgan fingerprint density at radius 3 is 2.50 bits per heavy atom. The van der Waals surface area contributed by atoms with Crippen molar-refractivity contribution < 1.29 is 14.3 Å². The van der Waals surface area contributed by atoms with Crippen LogP contribution in [0.1, 0.15) is 46.0 Å². The molecule has 1 aromatic rings. The molecule has 130 valence electrons. The molecule has 1 saturated heterocycles. The van der Waals surface area contributed by atoms with Crippen LogP contribution >= 0.6 is 0 Å². The van der Waals surface area contributed by atoms with Crippen LogP contribution in [0.3, 0.4) is 0 Å². The fraction of sp³-hybridized carbons (Fsp3) is 0.579. The van der Waals surface area contributed by atoms with E-state index < -0.39 is 5.60 Å². The topological polar surface area (TPSA) is 49.9 Å². The van der Waals surface area contributed by atoms with Gasteiger partial charge >= 0.3 is 0 Å². The summed E-state index contributed by atoms with van der Waals surface area (Å²) in [5, 5.41) is 0.